The Kier molecular flexibility index (Phi) is 11.4. The maximum atomic E-state index is 3.67. The lowest BCUT2D eigenvalue weighted by atomic mass is 9.83. The van der Waals surface area contributed by atoms with Gasteiger partial charge in [-0.3, -0.25) is 4.90 Å². The molecule has 0 aromatic carbocycles. The summed E-state index contributed by atoms with van der Waals surface area (Å²) in [5.41, 5.74) is 0.404. The van der Waals surface area contributed by atoms with E-state index < -0.39 is 0 Å². The lowest BCUT2D eigenvalue weighted by Gasteiger charge is -2.40. The first-order valence-electron chi connectivity index (χ1n) is 9.37. The molecule has 0 aromatic rings. The van der Waals surface area contributed by atoms with Crippen LogP contribution < -0.4 is 5.32 Å². The second kappa shape index (κ2) is 11.5. The zero-order chi connectivity index (χ0) is 16.3. The normalized spacial score (nSPS) is 15.1. The van der Waals surface area contributed by atoms with Gasteiger partial charge in [0.2, 0.25) is 0 Å². The molecule has 0 rings (SSSR count). The minimum Gasteiger partial charge on any atom is -0.316 e. The SMILES string of the molecule is CCCNCC(C)(CCC)CN(CC(C)C)C(CC)CC. The molecule has 1 N–H and O–H groups in total. The summed E-state index contributed by atoms with van der Waals surface area (Å²) >= 11 is 0. The van der Waals surface area contributed by atoms with E-state index in [9.17, 15) is 0 Å². The first-order valence-corrected chi connectivity index (χ1v) is 9.37. The van der Waals surface area contributed by atoms with E-state index in [4.69, 9.17) is 0 Å². The van der Waals surface area contributed by atoms with Crippen molar-refractivity contribution < 1.29 is 0 Å². The molecular weight excluding hydrogens is 256 g/mol. The van der Waals surface area contributed by atoms with Gasteiger partial charge in [-0.25, -0.2) is 0 Å². The van der Waals surface area contributed by atoms with Gasteiger partial charge in [0.1, 0.15) is 0 Å². The van der Waals surface area contributed by atoms with Gasteiger partial charge in [-0.2, -0.15) is 0 Å². The van der Waals surface area contributed by atoms with E-state index in [0.717, 1.165) is 25.0 Å². The second-order valence-electron chi connectivity index (χ2n) is 7.53. The van der Waals surface area contributed by atoms with Crippen LogP contribution in [0.3, 0.4) is 0 Å². The molecular formula is C19H42N2. The van der Waals surface area contributed by atoms with Crippen molar-refractivity contribution in [3.8, 4) is 0 Å². The van der Waals surface area contributed by atoms with Crippen molar-refractivity contribution in [3.63, 3.8) is 0 Å². The van der Waals surface area contributed by atoms with E-state index in [2.05, 4.69) is 58.7 Å². The van der Waals surface area contributed by atoms with E-state index in [0.29, 0.717) is 5.41 Å². The molecule has 0 radical (unpaired) electrons. The van der Waals surface area contributed by atoms with Gasteiger partial charge in [0.05, 0.1) is 0 Å². The predicted octanol–water partition coefficient (Wildman–Crippen LogP) is 4.94. The van der Waals surface area contributed by atoms with Crippen molar-refractivity contribution in [1.82, 2.24) is 10.2 Å². The highest BCUT2D eigenvalue weighted by Gasteiger charge is 2.28. The van der Waals surface area contributed by atoms with Gasteiger partial charge in [0.25, 0.3) is 0 Å². The maximum Gasteiger partial charge on any atom is 0.00903 e. The third kappa shape index (κ3) is 8.83. The molecule has 0 saturated carbocycles. The molecule has 21 heavy (non-hydrogen) atoms. The zero-order valence-electron chi connectivity index (χ0n) is 16.0. The van der Waals surface area contributed by atoms with Crippen LogP contribution in [0, 0.1) is 11.3 Å². The molecule has 0 spiro atoms. The zero-order valence-corrected chi connectivity index (χ0v) is 16.0. The summed E-state index contributed by atoms with van der Waals surface area (Å²) in [7, 11) is 0. The minimum absolute atomic E-state index is 0.404. The number of rotatable bonds is 13. The average molecular weight is 299 g/mol. The number of nitrogens with zero attached hydrogens (tertiary/aromatic N) is 1. The first-order chi connectivity index (χ1) is 9.92. The summed E-state index contributed by atoms with van der Waals surface area (Å²) in [6.07, 6.45) is 6.37. The summed E-state index contributed by atoms with van der Waals surface area (Å²) in [6, 6.07) is 0.745. The van der Waals surface area contributed by atoms with Crippen molar-refractivity contribution in [2.75, 3.05) is 26.2 Å². The van der Waals surface area contributed by atoms with E-state index in [1.165, 1.54) is 45.2 Å². The van der Waals surface area contributed by atoms with E-state index >= 15 is 0 Å². The fraction of sp³-hybridized carbons (Fsp3) is 1.00. The van der Waals surface area contributed by atoms with Crippen LogP contribution in [0.15, 0.2) is 0 Å². The van der Waals surface area contributed by atoms with Gasteiger partial charge in [0, 0.05) is 25.7 Å². The van der Waals surface area contributed by atoms with E-state index in [-0.39, 0.29) is 0 Å². The van der Waals surface area contributed by atoms with Crippen molar-refractivity contribution in [2.45, 2.75) is 86.6 Å². The summed E-state index contributed by atoms with van der Waals surface area (Å²) in [4.78, 5) is 2.77. The van der Waals surface area contributed by atoms with Gasteiger partial charge in [-0.1, -0.05) is 54.9 Å². The van der Waals surface area contributed by atoms with Crippen LogP contribution in [-0.2, 0) is 0 Å². The highest BCUT2D eigenvalue weighted by Crippen LogP contribution is 2.26. The van der Waals surface area contributed by atoms with Crippen LogP contribution >= 0.6 is 0 Å². The van der Waals surface area contributed by atoms with Crippen molar-refractivity contribution >= 4 is 0 Å². The van der Waals surface area contributed by atoms with Gasteiger partial charge < -0.3 is 5.32 Å². The standard InChI is InChI=1S/C19H42N2/c1-8-12-19(7,15-20-13-9-2)16-21(14-17(5)6)18(10-3)11-4/h17-18,20H,8-16H2,1-7H3. The summed E-state index contributed by atoms with van der Waals surface area (Å²) in [5, 5.41) is 3.67. The molecule has 128 valence electrons. The molecule has 2 heteroatoms. The Labute approximate surface area is 135 Å². The van der Waals surface area contributed by atoms with Crippen LogP contribution in [0.25, 0.3) is 0 Å². The van der Waals surface area contributed by atoms with Gasteiger partial charge in [0.15, 0.2) is 0 Å². The molecule has 0 aliphatic carbocycles. The lowest BCUT2D eigenvalue weighted by molar-refractivity contribution is 0.0925. The Morgan fingerprint density at radius 2 is 1.62 bits per heavy atom. The van der Waals surface area contributed by atoms with Crippen LogP contribution in [0.5, 0.6) is 0 Å². The van der Waals surface area contributed by atoms with E-state index in [1.807, 2.05) is 0 Å². The number of nitrogens with one attached hydrogen (secondary N) is 1. The molecule has 1 unspecified atom stereocenters. The fourth-order valence-corrected chi connectivity index (χ4v) is 3.50. The molecule has 0 amide bonds. The monoisotopic (exact) mass is 298 g/mol. The fourth-order valence-electron chi connectivity index (χ4n) is 3.50. The quantitative estimate of drug-likeness (QED) is 0.485. The Hall–Kier alpha value is -0.0800. The molecule has 0 aliphatic heterocycles. The third-order valence-corrected chi connectivity index (χ3v) is 4.48. The van der Waals surface area contributed by atoms with Crippen LogP contribution in [0.2, 0.25) is 0 Å². The molecule has 0 fully saturated rings. The van der Waals surface area contributed by atoms with Crippen molar-refractivity contribution in [2.24, 2.45) is 11.3 Å². The molecule has 0 aromatic heterocycles. The Morgan fingerprint density at radius 3 is 2.05 bits per heavy atom. The Balaban J connectivity index is 4.83. The largest absolute Gasteiger partial charge is 0.316 e. The molecule has 0 aliphatic rings. The van der Waals surface area contributed by atoms with Crippen molar-refractivity contribution in [1.29, 1.82) is 0 Å². The highest BCUT2D eigenvalue weighted by molar-refractivity contribution is 4.83. The van der Waals surface area contributed by atoms with Crippen molar-refractivity contribution in [3.05, 3.63) is 0 Å². The first kappa shape index (κ1) is 20.9. The van der Waals surface area contributed by atoms with Gasteiger partial charge in [-0.05, 0) is 43.6 Å². The third-order valence-electron chi connectivity index (χ3n) is 4.48. The minimum atomic E-state index is 0.404. The lowest BCUT2D eigenvalue weighted by Crippen LogP contribution is -2.47. The molecule has 0 bridgehead atoms. The molecule has 0 heterocycles. The smallest absolute Gasteiger partial charge is 0.00903 e. The molecule has 2 nitrogen and oxygen atoms in total. The van der Waals surface area contributed by atoms with Crippen LogP contribution in [0.1, 0.15) is 80.6 Å². The molecule has 1 atom stereocenters. The summed E-state index contributed by atoms with van der Waals surface area (Å²) in [5.74, 6) is 0.750. The van der Waals surface area contributed by atoms with E-state index in [1.54, 1.807) is 0 Å². The number of hydrogen-bond donors (Lipinski definition) is 1. The topological polar surface area (TPSA) is 15.3 Å². The maximum absolute atomic E-state index is 3.67. The average Bonchev–Trinajstić information content (AvgIpc) is 2.39. The Bertz CT molecular complexity index is 236. The predicted molar refractivity (Wildman–Crippen MR) is 97.0 cm³/mol. The Morgan fingerprint density at radius 1 is 1.00 bits per heavy atom. The number of hydrogen-bond acceptors (Lipinski definition) is 2. The highest BCUT2D eigenvalue weighted by atomic mass is 15.2. The second-order valence-corrected chi connectivity index (χ2v) is 7.53. The van der Waals surface area contributed by atoms with Gasteiger partial charge >= 0.3 is 0 Å². The molecule has 0 saturated heterocycles. The van der Waals surface area contributed by atoms with Crippen LogP contribution in [0.4, 0.5) is 0 Å². The van der Waals surface area contributed by atoms with Crippen LogP contribution in [-0.4, -0.2) is 37.1 Å². The van der Waals surface area contributed by atoms with Gasteiger partial charge in [-0.15, -0.1) is 0 Å². The summed E-state index contributed by atoms with van der Waals surface area (Å²) < 4.78 is 0. The summed E-state index contributed by atoms with van der Waals surface area (Å²) in [6.45, 7) is 21.2.